The molecule has 1 aromatic heterocycles. The number of hydrogen-bond acceptors (Lipinski definition) is 5. The van der Waals surface area contributed by atoms with Crippen molar-refractivity contribution in [3.8, 4) is 6.07 Å². The lowest BCUT2D eigenvalue weighted by molar-refractivity contribution is 0.00253. The summed E-state index contributed by atoms with van der Waals surface area (Å²) in [6.45, 7) is 1.92. The molecule has 0 aromatic carbocycles. The van der Waals surface area contributed by atoms with E-state index in [9.17, 15) is 5.11 Å². The van der Waals surface area contributed by atoms with Crippen LogP contribution in [0, 0.1) is 11.3 Å². The molecule has 5 nitrogen and oxygen atoms in total. The van der Waals surface area contributed by atoms with Gasteiger partial charge in [-0.25, -0.2) is 4.98 Å². The molecule has 0 amide bonds. The van der Waals surface area contributed by atoms with Crippen LogP contribution in [-0.2, 0) is 6.54 Å². The molecule has 0 spiro atoms. The van der Waals surface area contributed by atoms with Crippen LogP contribution in [0.25, 0.3) is 0 Å². The van der Waals surface area contributed by atoms with Crippen molar-refractivity contribution < 1.29 is 10.2 Å². The molecule has 86 valence electrons. The second kappa shape index (κ2) is 5.56. The monoisotopic (exact) mass is 221 g/mol. The van der Waals surface area contributed by atoms with E-state index in [0.717, 1.165) is 5.56 Å². The van der Waals surface area contributed by atoms with Crippen LogP contribution in [0.3, 0.4) is 0 Å². The maximum Gasteiger partial charge on any atom is 0.144 e. The Morgan fingerprint density at radius 3 is 3.00 bits per heavy atom. The largest absolute Gasteiger partial charge is 0.393 e. The molecule has 3 N–H and O–H groups in total. The highest BCUT2D eigenvalue weighted by molar-refractivity contribution is 5.30. The van der Waals surface area contributed by atoms with Gasteiger partial charge < -0.3 is 15.5 Å². The quantitative estimate of drug-likeness (QED) is 0.640. The van der Waals surface area contributed by atoms with E-state index in [4.69, 9.17) is 10.4 Å². The van der Waals surface area contributed by atoms with Gasteiger partial charge in [0.05, 0.1) is 12.2 Å². The first kappa shape index (κ1) is 12.6. The average Bonchev–Trinajstić information content (AvgIpc) is 2.29. The maximum atomic E-state index is 9.53. The Kier molecular flexibility index (Phi) is 4.38. The second-order valence-corrected chi connectivity index (χ2v) is 3.88. The Morgan fingerprint density at radius 2 is 2.38 bits per heavy atom. The van der Waals surface area contributed by atoms with Gasteiger partial charge in [-0.1, -0.05) is 6.07 Å². The second-order valence-electron chi connectivity index (χ2n) is 3.88. The molecular weight excluding hydrogens is 206 g/mol. The molecule has 0 radical (unpaired) electrons. The third-order valence-corrected chi connectivity index (χ3v) is 2.16. The Bertz CT molecular complexity index is 385. The predicted octanol–water partition coefficient (Wildman–Crippen LogP) is -0.214. The van der Waals surface area contributed by atoms with Crippen molar-refractivity contribution in [2.24, 2.45) is 0 Å². The summed E-state index contributed by atoms with van der Waals surface area (Å²) in [5.74, 6) is 0. The van der Waals surface area contributed by atoms with Crippen molar-refractivity contribution in [2.45, 2.75) is 19.1 Å². The molecule has 0 aliphatic heterocycles. The van der Waals surface area contributed by atoms with Crippen LogP contribution in [0.5, 0.6) is 0 Å². The van der Waals surface area contributed by atoms with Gasteiger partial charge in [0.2, 0.25) is 0 Å². The van der Waals surface area contributed by atoms with E-state index < -0.39 is 5.60 Å². The first-order valence-electron chi connectivity index (χ1n) is 4.97. The van der Waals surface area contributed by atoms with Gasteiger partial charge in [-0.2, -0.15) is 5.26 Å². The maximum absolute atomic E-state index is 9.53. The molecule has 5 heteroatoms. The molecule has 1 heterocycles. The Balaban J connectivity index is 2.53. The number of aliphatic hydroxyl groups is 2. The van der Waals surface area contributed by atoms with Crippen LogP contribution in [0.4, 0.5) is 0 Å². The number of rotatable bonds is 5. The SMILES string of the molecule is CC(O)(CO)CNCc1cccnc1C#N. The molecule has 0 aliphatic rings. The number of aliphatic hydroxyl groups excluding tert-OH is 1. The first-order chi connectivity index (χ1) is 7.59. The zero-order chi connectivity index (χ0) is 12.0. The predicted molar refractivity (Wildman–Crippen MR) is 58.4 cm³/mol. The normalized spacial score (nSPS) is 14.1. The Morgan fingerprint density at radius 1 is 1.62 bits per heavy atom. The summed E-state index contributed by atoms with van der Waals surface area (Å²) in [5, 5.41) is 30.1. The van der Waals surface area contributed by atoms with Gasteiger partial charge in [0.15, 0.2) is 0 Å². The average molecular weight is 221 g/mol. The van der Waals surface area contributed by atoms with Gasteiger partial charge in [0.25, 0.3) is 0 Å². The fraction of sp³-hybridized carbons (Fsp3) is 0.455. The van der Waals surface area contributed by atoms with Gasteiger partial charge in [-0.3, -0.25) is 0 Å². The van der Waals surface area contributed by atoms with Crippen LogP contribution >= 0.6 is 0 Å². The first-order valence-corrected chi connectivity index (χ1v) is 4.97. The lowest BCUT2D eigenvalue weighted by atomic mass is 10.1. The molecule has 0 fully saturated rings. The fourth-order valence-corrected chi connectivity index (χ4v) is 1.20. The lowest BCUT2D eigenvalue weighted by Gasteiger charge is -2.20. The van der Waals surface area contributed by atoms with Gasteiger partial charge in [0, 0.05) is 24.8 Å². The summed E-state index contributed by atoms with van der Waals surface area (Å²) in [4.78, 5) is 3.92. The molecule has 0 saturated carbocycles. The topological polar surface area (TPSA) is 89.2 Å². The number of nitrogens with one attached hydrogen (secondary N) is 1. The van der Waals surface area contributed by atoms with E-state index in [0.29, 0.717) is 12.2 Å². The van der Waals surface area contributed by atoms with Crippen LogP contribution in [0.2, 0.25) is 0 Å². The van der Waals surface area contributed by atoms with Crippen molar-refractivity contribution in [1.29, 1.82) is 5.26 Å². The molecule has 1 aromatic rings. The number of hydrogen-bond donors (Lipinski definition) is 3. The minimum atomic E-state index is -1.14. The van der Waals surface area contributed by atoms with E-state index in [2.05, 4.69) is 10.3 Å². The van der Waals surface area contributed by atoms with Crippen molar-refractivity contribution >= 4 is 0 Å². The molecule has 1 atom stereocenters. The van der Waals surface area contributed by atoms with Gasteiger partial charge in [0.1, 0.15) is 11.8 Å². The highest BCUT2D eigenvalue weighted by atomic mass is 16.3. The minimum Gasteiger partial charge on any atom is -0.393 e. The van der Waals surface area contributed by atoms with Crippen LogP contribution in [0.15, 0.2) is 18.3 Å². The van der Waals surface area contributed by atoms with Gasteiger partial charge in [-0.15, -0.1) is 0 Å². The third kappa shape index (κ3) is 3.59. The van der Waals surface area contributed by atoms with Crippen LogP contribution in [0.1, 0.15) is 18.2 Å². The fourth-order valence-electron chi connectivity index (χ4n) is 1.20. The van der Waals surface area contributed by atoms with Gasteiger partial charge >= 0.3 is 0 Å². The van der Waals surface area contributed by atoms with Gasteiger partial charge in [-0.05, 0) is 13.0 Å². The van der Waals surface area contributed by atoms with E-state index in [1.54, 1.807) is 18.3 Å². The van der Waals surface area contributed by atoms with E-state index in [1.807, 2.05) is 6.07 Å². The summed E-state index contributed by atoms with van der Waals surface area (Å²) >= 11 is 0. The smallest absolute Gasteiger partial charge is 0.144 e. The third-order valence-electron chi connectivity index (χ3n) is 2.16. The lowest BCUT2D eigenvalue weighted by Crippen LogP contribution is -2.40. The highest BCUT2D eigenvalue weighted by Gasteiger charge is 2.18. The summed E-state index contributed by atoms with van der Waals surface area (Å²) in [7, 11) is 0. The molecule has 1 unspecified atom stereocenters. The summed E-state index contributed by atoms with van der Waals surface area (Å²) in [6.07, 6.45) is 1.56. The summed E-state index contributed by atoms with van der Waals surface area (Å²) in [5.41, 5.74) is 0.00652. The zero-order valence-corrected chi connectivity index (χ0v) is 9.14. The van der Waals surface area contributed by atoms with Crippen molar-refractivity contribution in [3.63, 3.8) is 0 Å². The molecular formula is C11H15N3O2. The van der Waals surface area contributed by atoms with E-state index >= 15 is 0 Å². The molecule has 0 bridgehead atoms. The number of pyridine rings is 1. The number of nitrogens with zero attached hydrogens (tertiary/aromatic N) is 2. The summed E-state index contributed by atoms with van der Waals surface area (Å²) < 4.78 is 0. The number of nitriles is 1. The standard InChI is InChI=1S/C11H15N3O2/c1-11(16,8-15)7-13-6-9-3-2-4-14-10(9)5-12/h2-4,13,15-16H,6-8H2,1H3. The minimum absolute atomic E-state index is 0.253. The van der Waals surface area contributed by atoms with E-state index in [1.165, 1.54) is 6.92 Å². The van der Waals surface area contributed by atoms with Crippen molar-refractivity contribution in [1.82, 2.24) is 10.3 Å². The Labute approximate surface area is 94.4 Å². The van der Waals surface area contributed by atoms with Crippen molar-refractivity contribution in [2.75, 3.05) is 13.2 Å². The molecule has 1 rings (SSSR count). The van der Waals surface area contributed by atoms with Crippen LogP contribution < -0.4 is 5.32 Å². The highest BCUT2D eigenvalue weighted by Crippen LogP contribution is 2.04. The molecule has 0 aliphatic carbocycles. The number of aromatic nitrogens is 1. The zero-order valence-electron chi connectivity index (χ0n) is 9.14. The molecule has 16 heavy (non-hydrogen) atoms. The van der Waals surface area contributed by atoms with Crippen LogP contribution in [-0.4, -0.2) is 33.9 Å². The van der Waals surface area contributed by atoms with Crippen molar-refractivity contribution in [3.05, 3.63) is 29.6 Å². The molecule has 0 saturated heterocycles. The van der Waals surface area contributed by atoms with E-state index in [-0.39, 0.29) is 13.2 Å². The summed E-state index contributed by atoms with van der Waals surface area (Å²) in [6, 6.07) is 5.54. The Hall–Kier alpha value is -1.48.